The molecule has 1 fully saturated rings. The van der Waals surface area contributed by atoms with Gasteiger partial charge >= 0.3 is 5.97 Å². The average molecular weight is 275 g/mol. The number of benzene rings is 1. The van der Waals surface area contributed by atoms with Crippen molar-refractivity contribution in [3.8, 4) is 5.75 Å². The molecule has 1 N–H and O–H groups in total. The van der Waals surface area contributed by atoms with Crippen LogP contribution in [0.1, 0.15) is 24.3 Å². The average Bonchev–Trinajstić information content (AvgIpc) is 2.41. The van der Waals surface area contributed by atoms with Crippen LogP contribution in [0.3, 0.4) is 0 Å². The minimum atomic E-state index is -0.793. The van der Waals surface area contributed by atoms with Crippen molar-refractivity contribution in [3.05, 3.63) is 29.8 Å². The maximum Gasteiger partial charge on any atom is 0.303 e. The van der Waals surface area contributed by atoms with Gasteiger partial charge in [-0.05, 0) is 12.5 Å². The second-order valence-corrected chi connectivity index (χ2v) is 5.43. The lowest BCUT2D eigenvalue weighted by Gasteiger charge is -2.41. The smallest absolute Gasteiger partial charge is 0.303 e. The second-order valence-electron chi connectivity index (χ2n) is 5.43. The second kappa shape index (κ2) is 5.15. The first-order valence-electron chi connectivity index (χ1n) is 6.87. The summed E-state index contributed by atoms with van der Waals surface area (Å²) in [4.78, 5) is 24.9. The Labute approximate surface area is 117 Å². The van der Waals surface area contributed by atoms with Crippen LogP contribution in [0, 0.1) is 5.92 Å². The molecule has 0 aliphatic carbocycles. The minimum Gasteiger partial charge on any atom is -0.493 e. The Kier molecular flexibility index (Phi) is 3.34. The number of likely N-dealkylation sites (tertiary alicyclic amines) is 1. The molecule has 20 heavy (non-hydrogen) atoms. The van der Waals surface area contributed by atoms with Crippen molar-refractivity contribution in [1.29, 1.82) is 0 Å². The molecule has 0 aromatic heterocycles. The summed E-state index contributed by atoms with van der Waals surface area (Å²) < 4.78 is 5.56. The number of amides is 1. The van der Waals surface area contributed by atoms with E-state index >= 15 is 0 Å². The summed E-state index contributed by atoms with van der Waals surface area (Å²) in [6.45, 7) is 1.68. The topological polar surface area (TPSA) is 66.8 Å². The standard InChI is InChI=1S/C15H17NO4/c17-14(18)7-10-8-16(9-10)15(19)12-5-6-20-13-4-2-1-3-11(12)13/h1-4,10,12H,5-9H2,(H,17,18). The zero-order chi connectivity index (χ0) is 14.1. The Hall–Kier alpha value is -2.04. The third kappa shape index (κ3) is 2.35. The van der Waals surface area contributed by atoms with E-state index in [4.69, 9.17) is 9.84 Å². The van der Waals surface area contributed by atoms with Crippen LogP contribution in [-0.4, -0.2) is 41.6 Å². The molecule has 5 nitrogen and oxygen atoms in total. The number of hydrogen-bond acceptors (Lipinski definition) is 3. The Morgan fingerprint density at radius 3 is 2.80 bits per heavy atom. The number of hydrogen-bond donors (Lipinski definition) is 1. The summed E-state index contributed by atoms with van der Waals surface area (Å²) in [5.41, 5.74) is 0.949. The first-order chi connectivity index (χ1) is 9.65. The summed E-state index contributed by atoms with van der Waals surface area (Å²) in [5, 5.41) is 8.73. The predicted octanol–water partition coefficient (Wildman–Crippen LogP) is 1.49. The van der Waals surface area contributed by atoms with Crippen molar-refractivity contribution in [2.45, 2.75) is 18.8 Å². The van der Waals surface area contributed by atoms with Gasteiger partial charge in [0.1, 0.15) is 5.75 Å². The van der Waals surface area contributed by atoms with E-state index < -0.39 is 5.97 Å². The highest BCUT2D eigenvalue weighted by molar-refractivity contribution is 5.85. The number of fused-ring (bicyclic) bond motifs is 1. The molecular formula is C15H17NO4. The minimum absolute atomic E-state index is 0.0994. The van der Waals surface area contributed by atoms with E-state index in [1.54, 1.807) is 4.90 Å². The summed E-state index contributed by atoms with van der Waals surface area (Å²) in [6, 6.07) is 7.64. The molecule has 1 amide bonds. The van der Waals surface area contributed by atoms with E-state index in [-0.39, 0.29) is 24.2 Å². The quantitative estimate of drug-likeness (QED) is 0.907. The Morgan fingerprint density at radius 2 is 2.05 bits per heavy atom. The fourth-order valence-electron chi connectivity index (χ4n) is 2.94. The van der Waals surface area contributed by atoms with Crippen molar-refractivity contribution >= 4 is 11.9 Å². The SMILES string of the molecule is O=C(O)CC1CN(C(=O)C2CCOc3ccccc32)C1. The van der Waals surface area contributed by atoms with Crippen molar-refractivity contribution in [3.63, 3.8) is 0 Å². The molecule has 1 unspecified atom stereocenters. The van der Waals surface area contributed by atoms with Gasteiger partial charge in [-0.15, -0.1) is 0 Å². The molecule has 2 heterocycles. The molecule has 3 rings (SSSR count). The first-order valence-corrected chi connectivity index (χ1v) is 6.87. The van der Waals surface area contributed by atoms with Crippen LogP contribution >= 0.6 is 0 Å². The normalized spacial score (nSPS) is 21.6. The highest BCUT2D eigenvalue weighted by Gasteiger charge is 2.37. The van der Waals surface area contributed by atoms with Gasteiger partial charge in [-0.25, -0.2) is 0 Å². The number of rotatable bonds is 3. The lowest BCUT2D eigenvalue weighted by Crippen LogP contribution is -2.52. The van der Waals surface area contributed by atoms with Gasteiger partial charge in [-0.2, -0.15) is 0 Å². The predicted molar refractivity (Wildman–Crippen MR) is 71.6 cm³/mol. The zero-order valence-corrected chi connectivity index (χ0v) is 11.1. The summed E-state index contributed by atoms with van der Waals surface area (Å²) in [5.74, 6) is 0.0536. The summed E-state index contributed by atoms with van der Waals surface area (Å²) in [6.07, 6.45) is 0.837. The molecule has 0 spiro atoms. The maximum atomic E-state index is 12.5. The van der Waals surface area contributed by atoms with Gasteiger partial charge in [0.15, 0.2) is 0 Å². The number of para-hydroxylation sites is 1. The summed E-state index contributed by atoms with van der Waals surface area (Å²) in [7, 11) is 0. The fraction of sp³-hybridized carbons (Fsp3) is 0.467. The van der Waals surface area contributed by atoms with Gasteiger partial charge in [-0.1, -0.05) is 18.2 Å². The zero-order valence-electron chi connectivity index (χ0n) is 11.1. The van der Waals surface area contributed by atoms with Crippen LogP contribution in [-0.2, 0) is 9.59 Å². The van der Waals surface area contributed by atoms with Crippen molar-refractivity contribution in [2.24, 2.45) is 5.92 Å². The molecule has 0 saturated carbocycles. The molecule has 2 aliphatic heterocycles. The van der Waals surface area contributed by atoms with Gasteiger partial charge in [0, 0.05) is 24.6 Å². The Morgan fingerprint density at radius 1 is 1.30 bits per heavy atom. The molecule has 0 radical (unpaired) electrons. The number of carbonyl (C=O) groups is 2. The molecular weight excluding hydrogens is 258 g/mol. The van der Waals surface area contributed by atoms with E-state index in [0.717, 1.165) is 11.3 Å². The molecule has 1 aromatic carbocycles. The van der Waals surface area contributed by atoms with Crippen LogP contribution in [0.15, 0.2) is 24.3 Å². The Balaban J connectivity index is 1.66. The molecule has 5 heteroatoms. The van der Waals surface area contributed by atoms with Crippen LogP contribution in [0.25, 0.3) is 0 Å². The van der Waals surface area contributed by atoms with Crippen LogP contribution in [0.4, 0.5) is 0 Å². The van der Waals surface area contributed by atoms with Gasteiger partial charge in [0.25, 0.3) is 0 Å². The van der Waals surface area contributed by atoms with E-state index in [0.29, 0.717) is 26.1 Å². The molecule has 1 aromatic rings. The van der Waals surface area contributed by atoms with Crippen LogP contribution < -0.4 is 4.74 Å². The van der Waals surface area contributed by atoms with Crippen molar-refractivity contribution < 1.29 is 19.4 Å². The number of ether oxygens (including phenoxy) is 1. The van der Waals surface area contributed by atoms with Gasteiger partial charge in [-0.3, -0.25) is 9.59 Å². The van der Waals surface area contributed by atoms with Gasteiger partial charge in [0.2, 0.25) is 5.91 Å². The van der Waals surface area contributed by atoms with E-state index in [2.05, 4.69) is 0 Å². The molecule has 0 bridgehead atoms. The van der Waals surface area contributed by atoms with Crippen molar-refractivity contribution in [2.75, 3.05) is 19.7 Å². The summed E-state index contributed by atoms with van der Waals surface area (Å²) >= 11 is 0. The van der Waals surface area contributed by atoms with Crippen molar-refractivity contribution in [1.82, 2.24) is 4.90 Å². The van der Waals surface area contributed by atoms with Gasteiger partial charge < -0.3 is 14.7 Å². The number of carbonyl (C=O) groups excluding carboxylic acids is 1. The third-order valence-electron chi connectivity index (χ3n) is 3.99. The number of carboxylic acid groups (broad SMARTS) is 1. The van der Waals surface area contributed by atoms with E-state index in [9.17, 15) is 9.59 Å². The molecule has 1 saturated heterocycles. The molecule has 2 aliphatic rings. The number of carboxylic acids is 1. The lowest BCUT2D eigenvalue weighted by molar-refractivity contribution is -0.146. The largest absolute Gasteiger partial charge is 0.493 e. The Bertz CT molecular complexity index is 536. The fourth-order valence-corrected chi connectivity index (χ4v) is 2.94. The van der Waals surface area contributed by atoms with E-state index in [1.165, 1.54) is 0 Å². The number of aliphatic carboxylic acids is 1. The first kappa shape index (κ1) is 13.0. The molecule has 1 atom stereocenters. The molecule has 106 valence electrons. The monoisotopic (exact) mass is 275 g/mol. The maximum absolute atomic E-state index is 12.5. The van der Waals surface area contributed by atoms with E-state index in [1.807, 2.05) is 24.3 Å². The number of nitrogens with zero attached hydrogens (tertiary/aromatic N) is 1. The highest BCUT2D eigenvalue weighted by atomic mass is 16.5. The van der Waals surface area contributed by atoms with Gasteiger partial charge in [0.05, 0.1) is 18.9 Å². The lowest BCUT2D eigenvalue weighted by atomic mass is 9.88. The van der Waals surface area contributed by atoms with Crippen LogP contribution in [0.2, 0.25) is 0 Å². The van der Waals surface area contributed by atoms with Crippen LogP contribution in [0.5, 0.6) is 5.75 Å². The third-order valence-corrected chi connectivity index (χ3v) is 3.99. The highest BCUT2D eigenvalue weighted by Crippen LogP contribution is 2.36.